The molecule has 6 heteroatoms. The molecule has 0 radical (unpaired) electrons. The molecule has 3 aromatic rings. The number of likely N-dealkylation sites (tertiary alicyclic amines) is 1. The average Bonchev–Trinajstić information content (AvgIpc) is 3.25. The summed E-state index contributed by atoms with van der Waals surface area (Å²) in [4.78, 5) is 19.3. The van der Waals surface area contributed by atoms with E-state index < -0.39 is 0 Å². The molecule has 1 aromatic heterocycles. The highest BCUT2D eigenvalue weighted by atomic mass is 16.5. The fraction of sp³-hybridized carbons (Fsp3) is 0.423. The van der Waals surface area contributed by atoms with E-state index in [1.807, 2.05) is 30.3 Å². The summed E-state index contributed by atoms with van der Waals surface area (Å²) in [6.07, 6.45) is 5.05. The van der Waals surface area contributed by atoms with Crippen LogP contribution in [0.4, 0.5) is 0 Å². The van der Waals surface area contributed by atoms with Crippen LogP contribution in [0.1, 0.15) is 49.8 Å². The van der Waals surface area contributed by atoms with Crippen LogP contribution in [-0.4, -0.2) is 34.1 Å². The summed E-state index contributed by atoms with van der Waals surface area (Å²) < 4.78 is 11.4. The molecule has 1 saturated carbocycles. The Bertz CT molecular complexity index is 1150. The molecular weight excluding hydrogens is 402 g/mol. The Balaban J connectivity index is 1.26. The second kappa shape index (κ2) is 7.76. The summed E-state index contributed by atoms with van der Waals surface area (Å²) in [6, 6.07) is 14.3. The molecule has 0 spiro atoms. The lowest BCUT2D eigenvalue weighted by atomic mass is 10.0. The Morgan fingerprint density at radius 3 is 2.75 bits per heavy atom. The molecule has 2 aliphatic carbocycles. The third-order valence-corrected chi connectivity index (χ3v) is 6.95. The Morgan fingerprint density at radius 2 is 1.97 bits per heavy atom. The van der Waals surface area contributed by atoms with E-state index in [1.165, 1.54) is 24.0 Å². The Morgan fingerprint density at radius 1 is 1.12 bits per heavy atom. The van der Waals surface area contributed by atoms with Gasteiger partial charge in [0, 0.05) is 24.1 Å². The largest absolute Gasteiger partial charge is 0.493 e. The molecule has 2 fully saturated rings. The number of nitrogens with zero attached hydrogens (tertiary/aromatic N) is 3. The highest BCUT2D eigenvalue weighted by Crippen LogP contribution is 2.49. The van der Waals surface area contributed by atoms with Gasteiger partial charge in [0.1, 0.15) is 5.75 Å². The summed E-state index contributed by atoms with van der Waals surface area (Å²) in [6.45, 7) is 3.74. The topological polar surface area (TPSA) is 68.5 Å². The van der Waals surface area contributed by atoms with Crippen LogP contribution in [0, 0.1) is 11.8 Å². The maximum Gasteiger partial charge on any atom is 0.258 e. The Labute approximate surface area is 187 Å². The molecule has 1 amide bonds. The number of ether oxygens (including phenoxy) is 1. The zero-order valence-electron chi connectivity index (χ0n) is 18.3. The minimum Gasteiger partial charge on any atom is -0.493 e. The molecule has 1 aliphatic heterocycles. The van der Waals surface area contributed by atoms with Gasteiger partial charge in [-0.25, -0.2) is 0 Å². The van der Waals surface area contributed by atoms with Crippen molar-refractivity contribution in [1.82, 2.24) is 15.0 Å². The first-order chi connectivity index (χ1) is 15.7. The lowest BCUT2D eigenvalue weighted by molar-refractivity contribution is -0.129. The second-order valence-corrected chi connectivity index (χ2v) is 9.28. The van der Waals surface area contributed by atoms with E-state index in [2.05, 4.69) is 29.1 Å². The summed E-state index contributed by atoms with van der Waals surface area (Å²) in [7, 11) is 0. The van der Waals surface area contributed by atoms with Gasteiger partial charge in [0.15, 0.2) is 0 Å². The SMILES string of the molecule is CCCN1C(=O)CC2Cc3c(-c4noc(-c5ccc(OCC6CC6)cc5)n4)cccc3C21. The highest BCUT2D eigenvalue weighted by molar-refractivity contribution is 5.81. The van der Waals surface area contributed by atoms with Gasteiger partial charge >= 0.3 is 0 Å². The van der Waals surface area contributed by atoms with E-state index in [4.69, 9.17) is 14.2 Å². The van der Waals surface area contributed by atoms with Gasteiger partial charge < -0.3 is 14.2 Å². The minimum atomic E-state index is 0.187. The molecule has 0 N–H and O–H groups in total. The molecule has 0 bridgehead atoms. The van der Waals surface area contributed by atoms with Gasteiger partial charge in [0.05, 0.1) is 12.6 Å². The molecular formula is C26H27N3O3. The lowest BCUT2D eigenvalue weighted by Gasteiger charge is -2.24. The van der Waals surface area contributed by atoms with Crippen LogP contribution in [0.3, 0.4) is 0 Å². The van der Waals surface area contributed by atoms with E-state index in [0.29, 0.717) is 24.1 Å². The van der Waals surface area contributed by atoms with Crippen LogP contribution in [0.25, 0.3) is 22.8 Å². The number of rotatable bonds is 7. The molecule has 2 aromatic carbocycles. The maximum absolute atomic E-state index is 12.5. The third-order valence-electron chi connectivity index (χ3n) is 6.95. The van der Waals surface area contributed by atoms with Crippen LogP contribution < -0.4 is 4.74 Å². The zero-order chi connectivity index (χ0) is 21.7. The number of hydrogen-bond donors (Lipinski definition) is 0. The predicted molar refractivity (Wildman–Crippen MR) is 120 cm³/mol. The van der Waals surface area contributed by atoms with Gasteiger partial charge in [0.25, 0.3) is 5.89 Å². The summed E-state index contributed by atoms with van der Waals surface area (Å²) in [5.41, 5.74) is 4.40. The first kappa shape index (κ1) is 19.5. The van der Waals surface area contributed by atoms with Crippen molar-refractivity contribution in [1.29, 1.82) is 0 Å². The smallest absolute Gasteiger partial charge is 0.258 e. The van der Waals surface area contributed by atoms with E-state index in [9.17, 15) is 4.79 Å². The van der Waals surface area contributed by atoms with E-state index >= 15 is 0 Å². The minimum absolute atomic E-state index is 0.187. The molecule has 2 atom stereocenters. The lowest BCUT2D eigenvalue weighted by Crippen LogP contribution is -2.28. The number of amides is 1. The molecule has 3 aliphatic rings. The van der Waals surface area contributed by atoms with Crippen molar-refractivity contribution in [3.63, 3.8) is 0 Å². The molecule has 1 saturated heterocycles. The molecule has 2 heterocycles. The van der Waals surface area contributed by atoms with Crippen LogP contribution in [0.2, 0.25) is 0 Å². The van der Waals surface area contributed by atoms with Gasteiger partial charge in [-0.05, 0) is 72.9 Å². The Kier molecular flexibility index (Phi) is 4.74. The van der Waals surface area contributed by atoms with Crippen molar-refractivity contribution in [3.05, 3.63) is 53.6 Å². The Hall–Kier alpha value is -3.15. The number of fused-ring (bicyclic) bond motifs is 3. The number of carbonyl (C=O) groups excluding carboxylic acids is 1. The van der Waals surface area contributed by atoms with Gasteiger partial charge in [-0.2, -0.15) is 4.98 Å². The van der Waals surface area contributed by atoms with Crippen LogP contribution in [-0.2, 0) is 11.2 Å². The van der Waals surface area contributed by atoms with E-state index in [-0.39, 0.29) is 11.9 Å². The van der Waals surface area contributed by atoms with Crippen molar-refractivity contribution >= 4 is 5.91 Å². The molecule has 6 nitrogen and oxygen atoms in total. The summed E-state index contributed by atoms with van der Waals surface area (Å²) >= 11 is 0. The normalized spacial score (nSPS) is 21.7. The quantitative estimate of drug-likeness (QED) is 0.526. The standard InChI is InChI=1S/C26H27N3O3/c1-2-12-29-23(30)14-18-13-22-20(24(18)29)4-3-5-21(22)25-27-26(32-28-25)17-8-10-19(11-9-17)31-15-16-6-7-16/h3-5,8-11,16,18,24H,2,6-7,12-15H2,1H3. The number of hydrogen-bond acceptors (Lipinski definition) is 5. The summed E-state index contributed by atoms with van der Waals surface area (Å²) in [5.74, 6) is 3.35. The van der Waals surface area contributed by atoms with Gasteiger partial charge in [-0.3, -0.25) is 4.79 Å². The first-order valence-electron chi connectivity index (χ1n) is 11.7. The second-order valence-electron chi connectivity index (χ2n) is 9.28. The molecule has 6 rings (SSSR count). The maximum atomic E-state index is 12.5. The first-order valence-corrected chi connectivity index (χ1v) is 11.7. The highest BCUT2D eigenvalue weighted by Gasteiger charge is 2.46. The van der Waals surface area contributed by atoms with Crippen LogP contribution in [0.5, 0.6) is 5.75 Å². The number of carbonyl (C=O) groups is 1. The van der Waals surface area contributed by atoms with E-state index in [1.54, 1.807) is 0 Å². The monoisotopic (exact) mass is 429 g/mol. The fourth-order valence-electron chi connectivity index (χ4n) is 5.20. The average molecular weight is 430 g/mol. The molecule has 164 valence electrons. The zero-order valence-corrected chi connectivity index (χ0v) is 18.3. The van der Waals surface area contributed by atoms with Crippen molar-refractivity contribution in [2.24, 2.45) is 11.8 Å². The van der Waals surface area contributed by atoms with Crippen molar-refractivity contribution < 1.29 is 14.1 Å². The van der Waals surface area contributed by atoms with Crippen LogP contribution >= 0.6 is 0 Å². The third kappa shape index (κ3) is 3.38. The van der Waals surface area contributed by atoms with Gasteiger partial charge in [-0.1, -0.05) is 30.3 Å². The fourth-order valence-corrected chi connectivity index (χ4v) is 5.20. The van der Waals surface area contributed by atoms with E-state index in [0.717, 1.165) is 48.8 Å². The van der Waals surface area contributed by atoms with Crippen molar-refractivity contribution in [2.75, 3.05) is 13.2 Å². The van der Waals surface area contributed by atoms with Gasteiger partial charge in [0.2, 0.25) is 11.7 Å². The predicted octanol–water partition coefficient (Wildman–Crippen LogP) is 5.05. The van der Waals surface area contributed by atoms with Gasteiger partial charge in [-0.15, -0.1) is 0 Å². The molecule has 2 unspecified atom stereocenters. The number of aromatic nitrogens is 2. The van der Waals surface area contributed by atoms with Crippen molar-refractivity contribution in [3.8, 4) is 28.6 Å². The van der Waals surface area contributed by atoms with Crippen LogP contribution in [0.15, 0.2) is 47.0 Å². The summed E-state index contributed by atoms with van der Waals surface area (Å²) in [5, 5.41) is 4.30. The number of benzene rings is 2. The van der Waals surface area contributed by atoms with Crippen molar-refractivity contribution in [2.45, 2.75) is 45.1 Å². The molecule has 32 heavy (non-hydrogen) atoms.